The number of ether oxygens (including phenoxy) is 1. The molecule has 6 heteroatoms. The molecule has 0 N–H and O–H groups in total. The molecule has 6 rings (SSSR count). The van der Waals surface area contributed by atoms with Gasteiger partial charge in [-0.25, -0.2) is 15.0 Å². The lowest BCUT2D eigenvalue weighted by Gasteiger charge is -2.33. The topological polar surface area (TPSA) is 51.1 Å². The third-order valence-corrected chi connectivity index (χ3v) is 7.47. The molecular formula is C25H26N4OS. The third kappa shape index (κ3) is 3.29. The predicted molar refractivity (Wildman–Crippen MR) is 127 cm³/mol. The molecule has 0 saturated carbocycles. The van der Waals surface area contributed by atoms with E-state index in [-0.39, 0.29) is 5.60 Å². The van der Waals surface area contributed by atoms with Crippen molar-refractivity contribution in [2.24, 2.45) is 0 Å². The van der Waals surface area contributed by atoms with E-state index < -0.39 is 0 Å². The fourth-order valence-electron chi connectivity index (χ4n) is 4.86. The van der Waals surface area contributed by atoms with E-state index in [1.807, 2.05) is 12.3 Å². The first-order valence-corrected chi connectivity index (χ1v) is 12.0. The summed E-state index contributed by atoms with van der Waals surface area (Å²) in [5, 5.41) is 1.20. The van der Waals surface area contributed by atoms with Gasteiger partial charge in [-0.3, -0.25) is 0 Å². The summed E-state index contributed by atoms with van der Waals surface area (Å²) >= 11 is 1.70. The van der Waals surface area contributed by atoms with Crippen molar-refractivity contribution >= 4 is 37.7 Å². The quantitative estimate of drug-likeness (QED) is 0.405. The summed E-state index contributed by atoms with van der Waals surface area (Å²) in [6.45, 7) is 7.02. The van der Waals surface area contributed by atoms with Gasteiger partial charge in [-0.1, -0.05) is 30.3 Å². The van der Waals surface area contributed by atoms with Crippen LogP contribution in [0, 0.1) is 0 Å². The summed E-state index contributed by atoms with van der Waals surface area (Å²) in [6.07, 6.45) is 6.59. The normalized spacial score (nSPS) is 18.5. The van der Waals surface area contributed by atoms with Gasteiger partial charge < -0.3 is 9.64 Å². The molecule has 158 valence electrons. The molecule has 0 aliphatic carbocycles. The average molecular weight is 431 g/mol. The van der Waals surface area contributed by atoms with E-state index in [0.717, 1.165) is 51.8 Å². The van der Waals surface area contributed by atoms with Crippen LogP contribution in [0.25, 0.3) is 31.7 Å². The van der Waals surface area contributed by atoms with Gasteiger partial charge in [0.1, 0.15) is 4.83 Å². The molecule has 3 aromatic heterocycles. The van der Waals surface area contributed by atoms with Crippen LogP contribution in [0.15, 0.2) is 36.5 Å². The predicted octanol–water partition coefficient (Wildman–Crippen LogP) is 5.75. The number of thiophene rings is 1. The third-order valence-electron chi connectivity index (χ3n) is 6.46. The van der Waals surface area contributed by atoms with E-state index >= 15 is 0 Å². The van der Waals surface area contributed by atoms with Crippen molar-refractivity contribution in [1.29, 1.82) is 0 Å². The Balaban J connectivity index is 1.61. The minimum atomic E-state index is -0.202. The number of pyridine rings is 1. The highest BCUT2D eigenvalue weighted by molar-refractivity contribution is 7.25. The minimum absolute atomic E-state index is 0.202. The number of benzene rings is 1. The maximum absolute atomic E-state index is 6.23. The number of aromatic nitrogens is 3. The van der Waals surface area contributed by atoms with Gasteiger partial charge in [0.25, 0.3) is 0 Å². The first kappa shape index (κ1) is 19.1. The Morgan fingerprint density at radius 3 is 2.61 bits per heavy atom. The second-order valence-electron chi connectivity index (χ2n) is 9.22. The number of nitrogens with zero attached hydrogens (tertiary/aromatic N) is 4. The second kappa shape index (κ2) is 7.24. The monoisotopic (exact) mass is 430 g/mol. The van der Waals surface area contributed by atoms with E-state index in [4.69, 9.17) is 19.7 Å². The molecule has 0 spiro atoms. The SMILES string of the molecule is CC1(C)Cc2c(c(-c3ccccc3)nc3sc4cnc(N5CCCCC5)nc4c23)CO1. The zero-order valence-corrected chi connectivity index (χ0v) is 18.8. The van der Waals surface area contributed by atoms with Crippen LogP contribution in [-0.4, -0.2) is 33.6 Å². The molecule has 0 bridgehead atoms. The Hall–Kier alpha value is -2.57. The van der Waals surface area contributed by atoms with E-state index in [0.29, 0.717) is 6.61 Å². The van der Waals surface area contributed by atoms with Crippen molar-refractivity contribution in [2.45, 2.75) is 51.7 Å². The molecule has 2 aliphatic rings. The first-order chi connectivity index (χ1) is 15.1. The fraction of sp³-hybridized carbons (Fsp3) is 0.400. The van der Waals surface area contributed by atoms with Crippen molar-refractivity contribution in [1.82, 2.24) is 15.0 Å². The van der Waals surface area contributed by atoms with Crippen molar-refractivity contribution in [3.63, 3.8) is 0 Å². The molecule has 1 saturated heterocycles. The van der Waals surface area contributed by atoms with Crippen LogP contribution in [0.2, 0.25) is 0 Å². The fourth-order valence-corrected chi connectivity index (χ4v) is 5.88. The summed E-state index contributed by atoms with van der Waals surface area (Å²) < 4.78 is 7.34. The molecule has 4 aromatic rings. The summed E-state index contributed by atoms with van der Waals surface area (Å²) in [4.78, 5) is 18.3. The lowest BCUT2D eigenvalue weighted by molar-refractivity contribution is -0.0394. The summed E-state index contributed by atoms with van der Waals surface area (Å²) in [6, 6.07) is 10.5. The molecule has 2 aliphatic heterocycles. The van der Waals surface area contributed by atoms with Gasteiger partial charge in [-0.15, -0.1) is 11.3 Å². The van der Waals surface area contributed by atoms with Gasteiger partial charge in [-0.05, 0) is 38.7 Å². The zero-order valence-electron chi connectivity index (χ0n) is 18.0. The Labute approximate surface area is 186 Å². The van der Waals surface area contributed by atoms with Crippen molar-refractivity contribution < 1.29 is 4.74 Å². The minimum Gasteiger partial charge on any atom is -0.370 e. The molecule has 5 nitrogen and oxygen atoms in total. The highest BCUT2D eigenvalue weighted by Crippen LogP contribution is 2.43. The average Bonchev–Trinajstić information content (AvgIpc) is 3.17. The molecule has 0 unspecified atom stereocenters. The number of anilines is 1. The zero-order chi connectivity index (χ0) is 21.0. The first-order valence-electron chi connectivity index (χ1n) is 11.1. The van der Waals surface area contributed by atoms with Crippen LogP contribution in [0.5, 0.6) is 0 Å². The van der Waals surface area contributed by atoms with Crippen molar-refractivity contribution in [3.05, 3.63) is 47.7 Å². The Bertz CT molecular complexity index is 1280. The van der Waals surface area contributed by atoms with Gasteiger partial charge in [0.2, 0.25) is 5.95 Å². The standard InChI is InChI=1S/C25H26N4OS/c1-25(2)13-17-18(15-30-25)21(16-9-5-3-6-10-16)27-23-20(17)22-19(31-23)14-26-24(28-22)29-11-7-4-8-12-29/h3,5-6,9-10,14H,4,7-8,11-13,15H2,1-2H3. The van der Waals surface area contributed by atoms with Crippen molar-refractivity contribution in [2.75, 3.05) is 18.0 Å². The number of piperidine rings is 1. The van der Waals surface area contributed by atoms with E-state index in [1.54, 1.807) is 11.3 Å². The van der Waals surface area contributed by atoms with Crippen LogP contribution in [0.3, 0.4) is 0 Å². The molecule has 1 aromatic carbocycles. The number of fused-ring (bicyclic) bond motifs is 5. The lowest BCUT2D eigenvalue weighted by atomic mass is 9.88. The number of rotatable bonds is 2. The maximum Gasteiger partial charge on any atom is 0.225 e. The van der Waals surface area contributed by atoms with Crippen molar-refractivity contribution in [3.8, 4) is 11.3 Å². The largest absolute Gasteiger partial charge is 0.370 e. The molecule has 5 heterocycles. The molecule has 0 amide bonds. The van der Waals surface area contributed by atoms with Gasteiger partial charge in [0.05, 0.1) is 34.3 Å². The van der Waals surface area contributed by atoms with Gasteiger partial charge in [0, 0.05) is 36.0 Å². The molecule has 0 radical (unpaired) electrons. The maximum atomic E-state index is 6.23. The van der Waals surface area contributed by atoms with Gasteiger partial charge in [0.15, 0.2) is 0 Å². The summed E-state index contributed by atoms with van der Waals surface area (Å²) in [7, 11) is 0. The number of hydrogen-bond acceptors (Lipinski definition) is 6. The van der Waals surface area contributed by atoms with Crippen LogP contribution in [-0.2, 0) is 17.8 Å². The van der Waals surface area contributed by atoms with Crippen LogP contribution in [0.1, 0.15) is 44.2 Å². The number of hydrogen-bond donors (Lipinski definition) is 0. The Kier molecular flexibility index (Phi) is 4.47. The second-order valence-corrected chi connectivity index (χ2v) is 10.3. The van der Waals surface area contributed by atoms with Crippen LogP contribution >= 0.6 is 11.3 Å². The highest BCUT2D eigenvalue weighted by atomic mass is 32.1. The highest BCUT2D eigenvalue weighted by Gasteiger charge is 2.32. The lowest BCUT2D eigenvalue weighted by Crippen LogP contribution is -2.32. The summed E-state index contributed by atoms with van der Waals surface area (Å²) in [5.74, 6) is 0.860. The van der Waals surface area contributed by atoms with Crippen LogP contribution in [0.4, 0.5) is 5.95 Å². The van der Waals surface area contributed by atoms with E-state index in [9.17, 15) is 0 Å². The van der Waals surface area contributed by atoms with Crippen LogP contribution < -0.4 is 4.90 Å². The molecular weight excluding hydrogens is 404 g/mol. The van der Waals surface area contributed by atoms with Gasteiger partial charge >= 0.3 is 0 Å². The van der Waals surface area contributed by atoms with Gasteiger partial charge in [-0.2, -0.15) is 0 Å². The molecule has 0 atom stereocenters. The molecule has 31 heavy (non-hydrogen) atoms. The van der Waals surface area contributed by atoms with E-state index in [2.05, 4.69) is 43.0 Å². The summed E-state index contributed by atoms with van der Waals surface area (Å²) in [5.41, 5.74) is 5.57. The van der Waals surface area contributed by atoms with E-state index in [1.165, 1.54) is 35.8 Å². The Morgan fingerprint density at radius 2 is 1.81 bits per heavy atom. The Morgan fingerprint density at radius 1 is 1.00 bits per heavy atom. The molecule has 1 fully saturated rings. The smallest absolute Gasteiger partial charge is 0.225 e.